The van der Waals surface area contributed by atoms with Crippen LogP contribution in [-0.4, -0.2) is 15.2 Å². The van der Waals surface area contributed by atoms with E-state index in [9.17, 15) is 10.2 Å². The van der Waals surface area contributed by atoms with Crippen LogP contribution in [0.15, 0.2) is 46.9 Å². The minimum absolute atomic E-state index is 0.147. The van der Waals surface area contributed by atoms with Crippen molar-refractivity contribution in [1.29, 1.82) is 0 Å². The van der Waals surface area contributed by atoms with Gasteiger partial charge in [-0.1, -0.05) is 6.07 Å². The number of fused-ring (bicyclic) bond motifs is 1. The van der Waals surface area contributed by atoms with Gasteiger partial charge in [0, 0.05) is 11.6 Å². The molecular weight excluding hydrogens is 218 g/mol. The van der Waals surface area contributed by atoms with E-state index in [4.69, 9.17) is 4.42 Å². The molecular formula is C13H9NO3. The Labute approximate surface area is 96.8 Å². The van der Waals surface area contributed by atoms with E-state index in [0.717, 1.165) is 0 Å². The molecule has 0 fully saturated rings. The summed E-state index contributed by atoms with van der Waals surface area (Å²) in [4.78, 5) is 4.25. The molecule has 0 amide bonds. The van der Waals surface area contributed by atoms with Gasteiger partial charge < -0.3 is 14.6 Å². The summed E-state index contributed by atoms with van der Waals surface area (Å²) >= 11 is 0. The molecule has 0 bridgehead atoms. The van der Waals surface area contributed by atoms with Gasteiger partial charge in [0.25, 0.3) is 0 Å². The zero-order valence-electron chi connectivity index (χ0n) is 8.79. The van der Waals surface area contributed by atoms with Crippen LogP contribution in [0.3, 0.4) is 0 Å². The number of benzene rings is 2. The average molecular weight is 227 g/mol. The van der Waals surface area contributed by atoms with Crippen molar-refractivity contribution in [1.82, 2.24) is 4.98 Å². The molecule has 0 unspecified atom stereocenters. The zero-order valence-corrected chi connectivity index (χ0v) is 8.79. The van der Waals surface area contributed by atoms with Crippen LogP contribution in [0, 0.1) is 0 Å². The summed E-state index contributed by atoms with van der Waals surface area (Å²) in [5.74, 6) is 0.724. The van der Waals surface area contributed by atoms with Gasteiger partial charge in [-0.15, -0.1) is 0 Å². The fourth-order valence-corrected chi connectivity index (χ4v) is 1.68. The first-order valence-corrected chi connectivity index (χ1v) is 5.11. The predicted molar refractivity (Wildman–Crippen MR) is 62.8 cm³/mol. The normalized spacial score (nSPS) is 10.8. The van der Waals surface area contributed by atoms with Crippen LogP contribution in [0.4, 0.5) is 0 Å². The molecule has 0 saturated heterocycles. The molecule has 2 N–H and O–H groups in total. The average Bonchev–Trinajstić information content (AvgIpc) is 2.72. The molecule has 0 saturated carbocycles. The van der Waals surface area contributed by atoms with E-state index in [-0.39, 0.29) is 11.5 Å². The standard InChI is InChI=1S/C13H9NO3/c15-9-3-1-2-8(6-9)13-14-11-7-10(16)4-5-12(11)17-13/h1-7,15-16H. The number of hydrogen-bond acceptors (Lipinski definition) is 4. The zero-order chi connectivity index (χ0) is 11.8. The molecule has 0 atom stereocenters. The Kier molecular flexibility index (Phi) is 2.01. The summed E-state index contributed by atoms with van der Waals surface area (Å²) in [6.45, 7) is 0. The lowest BCUT2D eigenvalue weighted by molar-refractivity contribution is 0.475. The Balaban J connectivity index is 2.18. The lowest BCUT2D eigenvalue weighted by atomic mass is 10.2. The Bertz CT molecular complexity index is 688. The summed E-state index contributed by atoms with van der Waals surface area (Å²) in [5, 5.41) is 18.7. The fourth-order valence-electron chi connectivity index (χ4n) is 1.68. The molecule has 0 spiro atoms. The van der Waals surface area contributed by atoms with Crippen molar-refractivity contribution in [3.05, 3.63) is 42.5 Å². The van der Waals surface area contributed by atoms with E-state index in [1.54, 1.807) is 36.4 Å². The Morgan fingerprint density at radius 2 is 1.76 bits per heavy atom. The van der Waals surface area contributed by atoms with Gasteiger partial charge in [-0.3, -0.25) is 0 Å². The molecule has 4 heteroatoms. The number of hydrogen-bond donors (Lipinski definition) is 2. The van der Waals surface area contributed by atoms with E-state index in [2.05, 4.69) is 4.98 Å². The first kappa shape index (κ1) is 9.72. The van der Waals surface area contributed by atoms with Crippen molar-refractivity contribution in [3.63, 3.8) is 0 Å². The highest BCUT2D eigenvalue weighted by atomic mass is 16.3. The summed E-state index contributed by atoms with van der Waals surface area (Å²) in [5.41, 5.74) is 1.88. The van der Waals surface area contributed by atoms with E-state index in [1.165, 1.54) is 6.07 Å². The molecule has 3 aromatic rings. The smallest absolute Gasteiger partial charge is 0.227 e. The van der Waals surface area contributed by atoms with Gasteiger partial charge in [0.15, 0.2) is 5.58 Å². The van der Waals surface area contributed by atoms with Gasteiger partial charge in [0.05, 0.1) is 0 Å². The minimum atomic E-state index is 0.147. The van der Waals surface area contributed by atoms with Crippen molar-refractivity contribution in [3.8, 4) is 23.0 Å². The van der Waals surface area contributed by atoms with Crippen molar-refractivity contribution in [2.75, 3.05) is 0 Å². The lowest BCUT2D eigenvalue weighted by Gasteiger charge is -1.95. The Morgan fingerprint density at radius 1 is 0.941 bits per heavy atom. The number of phenolic OH excluding ortho intramolecular Hbond substituents is 2. The van der Waals surface area contributed by atoms with Gasteiger partial charge in [-0.05, 0) is 30.3 Å². The number of aromatic nitrogens is 1. The quantitative estimate of drug-likeness (QED) is 0.670. The molecule has 0 aliphatic carbocycles. The second-order valence-corrected chi connectivity index (χ2v) is 3.72. The van der Waals surface area contributed by atoms with Gasteiger partial charge in [-0.25, -0.2) is 4.98 Å². The number of aromatic hydroxyl groups is 2. The van der Waals surface area contributed by atoms with E-state index in [1.807, 2.05) is 0 Å². The summed E-state index contributed by atoms with van der Waals surface area (Å²) in [7, 11) is 0. The Morgan fingerprint density at radius 3 is 2.59 bits per heavy atom. The third-order valence-electron chi connectivity index (χ3n) is 2.46. The highest BCUT2D eigenvalue weighted by Crippen LogP contribution is 2.27. The van der Waals surface area contributed by atoms with E-state index < -0.39 is 0 Å². The van der Waals surface area contributed by atoms with Crippen LogP contribution in [0.25, 0.3) is 22.6 Å². The third kappa shape index (κ3) is 1.69. The van der Waals surface area contributed by atoms with Crippen LogP contribution in [-0.2, 0) is 0 Å². The second-order valence-electron chi connectivity index (χ2n) is 3.72. The Hall–Kier alpha value is -2.49. The van der Waals surface area contributed by atoms with Crippen molar-refractivity contribution >= 4 is 11.1 Å². The summed E-state index contributed by atoms with van der Waals surface area (Å²) in [6, 6.07) is 11.4. The lowest BCUT2D eigenvalue weighted by Crippen LogP contribution is -1.75. The van der Waals surface area contributed by atoms with Crippen molar-refractivity contribution in [2.24, 2.45) is 0 Å². The molecule has 1 aromatic heterocycles. The maximum atomic E-state index is 9.38. The van der Waals surface area contributed by atoms with Gasteiger partial charge in [0.2, 0.25) is 5.89 Å². The molecule has 2 aromatic carbocycles. The first-order valence-electron chi connectivity index (χ1n) is 5.11. The minimum Gasteiger partial charge on any atom is -0.508 e. The molecule has 17 heavy (non-hydrogen) atoms. The van der Waals surface area contributed by atoms with Crippen LogP contribution in [0.2, 0.25) is 0 Å². The van der Waals surface area contributed by atoms with Crippen LogP contribution < -0.4 is 0 Å². The third-order valence-corrected chi connectivity index (χ3v) is 2.46. The largest absolute Gasteiger partial charge is 0.508 e. The van der Waals surface area contributed by atoms with Crippen LogP contribution in [0.1, 0.15) is 0 Å². The van der Waals surface area contributed by atoms with E-state index >= 15 is 0 Å². The van der Waals surface area contributed by atoms with Gasteiger partial charge >= 0.3 is 0 Å². The topological polar surface area (TPSA) is 66.5 Å². The highest BCUT2D eigenvalue weighted by Gasteiger charge is 2.08. The van der Waals surface area contributed by atoms with Crippen LogP contribution >= 0.6 is 0 Å². The number of oxazole rings is 1. The molecule has 1 heterocycles. The fraction of sp³-hybridized carbons (Fsp3) is 0. The number of phenols is 2. The van der Waals surface area contributed by atoms with Crippen LogP contribution in [0.5, 0.6) is 11.5 Å². The second kappa shape index (κ2) is 3.52. The maximum absolute atomic E-state index is 9.38. The number of rotatable bonds is 1. The summed E-state index contributed by atoms with van der Waals surface area (Å²) in [6.07, 6.45) is 0. The molecule has 0 radical (unpaired) electrons. The predicted octanol–water partition coefficient (Wildman–Crippen LogP) is 2.91. The first-order chi connectivity index (χ1) is 8.22. The summed E-state index contributed by atoms with van der Waals surface area (Å²) < 4.78 is 5.53. The molecule has 4 nitrogen and oxygen atoms in total. The molecule has 0 aliphatic rings. The van der Waals surface area contributed by atoms with Gasteiger partial charge in [-0.2, -0.15) is 0 Å². The molecule has 0 aliphatic heterocycles. The maximum Gasteiger partial charge on any atom is 0.227 e. The molecule has 3 rings (SSSR count). The number of nitrogens with zero attached hydrogens (tertiary/aromatic N) is 1. The van der Waals surface area contributed by atoms with Crippen molar-refractivity contribution in [2.45, 2.75) is 0 Å². The molecule has 84 valence electrons. The highest BCUT2D eigenvalue weighted by molar-refractivity contribution is 5.77. The van der Waals surface area contributed by atoms with Gasteiger partial charge in [0.1, 0.15) is 17.0 Å². The van der Waals surface area contributed by atoms with Crippen molar-refractivity contribution < 1.29 is 14.6 Å². The SMILES string of the molecule is Oc1cccc(-c2nc3cc(O)ccc3o2)c1. The monoisotopic (exact) mass is 227 g/mol. The van der Waals surface area contributed by atoms with E-state index in [0.29, 0.717) is 22.6 Å².